The molecule has 0 aliphatic carbocycles. The minimum Gasteiger partial charge on any atom is -0.463 e. The van der Waals surface area contributed by atoms with Gasteiger partial charge in [0, 0.05) is 12.4 Å². The van der Waals surface area contributed by atoms with E-state index in [1.807, 2.05) is 0 Å². The lowest BCUT2D eigenvalue weighted by Gasteiger charge is -2.20. The van der Waals surface area contributed by atoms with E-state index in [1.165, 1.54) is 12.4 Å². The first-order chi connectivity index (χ1) is 9.56. The summed E-state index contributed by atoms with van der Waals surface area (Å²) in [4.78, 5) is 38.9. The average Bonchev–Trinajstić information content (AvgIpc) is 2.87. The van der Waals surface area contributed by atoms with E-state index in [9.17, 15) is 14.4 Å². The Morgan fingerprint density at radius 3 is 2.20 bits per heavy atom. The maximum atomic E-state index is 11.8. The van der Waals surface area contributed by atoms with Crippen molar-refractivity contribution in [3.8, 4) is 0 Å². The van der Waals surface area contributed by atoms with E-state index in [0.717, 1.165) is 11.8 Å². The molecule has 1 heterocycles. The number of rotatable bonds is 4. The number of carbonyl (C=O) groups excluding carboxylic acids is 3. The molecular formula is C11H15N3O6. The summed E-state index contributed by atoms with van der Waals surface area (Å²) in [6.45, 7) is 3.26. The van der Waals surface area contributed by atoms with Gasteiger partial charge >= 0.3 is 18.2 Å². The highest BCUT2D eigenvalue weighted by molar-refractivity contribution is 6.02. The smallest absolute Gasteiger partial charge is 0.439 e. The molecule has 20 heavy (non-hydrogen) atoms. The predicted molar refractivity (Wildman–Crippen MR) is 65.8 cm³/mol. The minimum atomic E-state index is -0.992. The number of amides is 2. The monoisotopic (exact) mass is 285 g/mol. The molecule has 0 saturated heterocycles. The summed E-state index contributed by atoms with van der Waals surface area (Å²) in [7, 11) is 1.15. The molecule has 0 aliphatic rings. The van der Waals surface area contributed by atoms with Gasteiger partial charge in [-0.2, -0.15) is 0 Å². The quantitative estimate of drug-likeness (QED) is 0.599. The number of esters is 1. The van der Waals surface area contributed by atoms with Gasteiger partial charge in [-0.05, 0) is 13.8 Å². The summed E-state index contributed by atoms with van der Waals surface area (Å²) in [5.41, 5.74) is 0. The maximum absolute atomic E-state index is 11.8. The number of imide groups is 1. The van der Waals surface area contributed by atoms with Crippen LogP contribution in [0.25, 0.3) is 0 Å². The normalized spacial score (nSPS) is 9.75. The Bertz CT molecular complexity index is 480. The molecule has 110 valence electrons. The Morgan fingerprint density at radius 2 is 1.75 bits per heavy atom. The third-order valence-electron chi connectivity index (χ3n) is 2.09. The SMILES string of the molecule is CCOC(=O)N(C(=O)OCC)n1ccnc1C(=O)OC. The molecule has 0 saturated carbocycles. The minimum absolute atomic E-state index is 0.0526. The molecule has 1 aromatic heterocycles. The van der Waals surface area contributed by atoms with Crippen LogP contribution in [-0.2, 0) is 14.2 Å². The van der Waals surface area contributed by atoms with Crippen molar-refractivity contribution in [1.29, 1.82) is 0 Å². The van der Waals surface area contributed by atoms with Crippen LogP contribution in [0.1, 0.15) is 24.5 Å². The van der Waals surface area contributed by atoms with Gasteiger partial charge in [-0.3, -0.25) is 0 Å². The van der Waals surface area contributed by atoms with Gasteiger partial charge in [0.25, 0.3) is 0 Å². The predicted octanol–water partition coefficient (Wildman–Crippen LogP) is 0.921. The molecule has 0 spiro atoms. The molecule has 0 aliphatic heterocycles. The molecule has 0 aromatic carbocycles. The Morgan fingerprint density at radius 1 is 1.20 bits per heavy atom. The number of hydrogen-bond acceptors (Lipinski definition) is 7. The summed E-state index contributed by atoms with van der Waals surface area (Å²) >= 11 is 0. The van der Waals surface area contributed by atoms with E-state index >= 15 is 0 Å². The van der Waals surface area contributed by atoms with E-state index in [-0.39, 0.29) is 19.0 Å². The maximum Gasteiger partial charge on any atom is 0.439 e. The molecule has 0 radical (unpaired) electrons. The van der Waals surface area contributed by atoms with Crippen LogP contribution in [-0.4, -0.2) is 48.1 Å². The van der Waals surface area contributed by atoms with Crippen LogP contribution in [0, 0.1) is 0 Å². The molecular weight excluding hydrogens is 270 g/mol. The molecule has 9 nitrogen and oxygen atoms in total. The van der Waals surface area contributed by atoms with Crippen molar-refractivity contribution < 1.29 is 28.6 Å². The lowest BCUT2D eigenvalue weighted by molar-refractivity contribution is 0.0580. The summed E-state index contributed by atoms with van der Waals surface area (Å²) in [5.74, 6) is -1.07. The van der Waals surface area contributed by atoms with Crippen molar-refractivity contribution in [2.75, 3.05) is 25.3 Å². The zero-order chi connectivity index (χ0) is 15.1. The van der Waals surface area contributed by atoms with E-state index in [0.29, 0.717) is 5.01 Å². The molecule has 2 amide bonds. The van der Waals surface area contributed by atoms with Crippen molar-refractivity contribution in [1.82, 2.24) is 9.66 Å². The molecule has 0 fully saturated rings. The van der Waals surface area contributed by atoms with Crippen molar-refractivity contribution in [2.24, 2.45) is 0 Å². The number of ether oxygens (including phenoxy) is 3. The van der Waals surface area contributed by atoms with Crippen molar-refractivity contribution >= 4 is 18.2 Å². The van der Waals surface area contributed by atoms with E-state index in [2.05, 4.69) is 9.72 Å². The second kappa shape index (κ2) is 7.12. The van der Waals surface area contributed by atoms with Crippen LogP contribution in [0.4, 0.5) is 9.59 Å². The van der Waals surface area contributed by atoms with Crippen LogP contribution in [0.3, 0.4) is 0 Å². The first kappa shape index (κ1) is 15.5. The first-order valence-corrected chi connectivity index (χ1v) is 5.82. The highest BCUT2D eigenvalue weighted by atomic mass is 16.6. The fourth-order valence-corrected chi connectivity index (χ4v) is 1.32. The molecule has 0 bridgehead atoms. The second-order valence-corrected chi connectivity index (χ2v) is 3.30. The standard InChI is InChI=1S/C11H15N3O6/c1-4-19-10(16)14(11(17)20-5-2)13-7-6-12-8(13)9(15)18-3/h6-7H,4-5H2,1-3H3. The summed E-state index contributed by atoms with van der Waals surface area (Å²) < 4.78 is 14.9. The van der Waals surface area contributed by atoms with Gasteiger partial charge in [-0.25, -0.2) is 24.0 Å². The largest absolute Gasteiger partial charge is 0.463 e. The Hall–Kier alpha value is -2.58. The Kier molecular flexibility index (Phi) is 5.51. The third kappa shape index (κ3) is 3.25. The number of carbonyl (C=O) groups is 3. The van der Waals surface area contributed by atoms with Crippen molar-refractivity contribution in [2.45, 2.75) is 13.8 Å². The van der Waals surface area contributed by atoms with Crippen molar-refractivity contribution in [3.05, 3.63) is 18.2 Å². The molecule has 0 atom stereocenters. The third-order valence-corrected chi connectivity index (χ3v) is 2.09. The van der Waals surface area contributed by atoms with Gasteiger partial charge in [0.15, 0.2) is 0 Å². The molecule has 0 unspecified atom stereocenters. The summed E-state index contributed by atoms with van der Waals surface area (Å²) in [6, 6.07) is 0. The number of hydrogen-bond donors (Lipinski definition) is 0. The van der Waals surface area contributed by atoms with E-state index in [1.54, 1.807) is 13.8 Å². The molecule has 1 aromatic rings. The highest BCUT2D eigenvalue weighted by Gasteiger charge is 2.30. The van der Waals surface area contributed by atoms with Gasteiger partial charge in [0.2, 0.25) is 5.82 Å². The number of aromatic nitrogens is 2. The zero-order valence-corrected chi connectivity index (χ0v) is 11.4. The lowest BCUT2D eigenvalue weighted by atomic mass is 10.6. The van der Waals surface area contributed by atoms with Crippen LogP contribution in [0.15, 0.2) is 12.4 Å². The molecule has 9 heteroatoms. The Labute approximate surface area is 115 Å². The van der Waals surface area contributed by atoms with E-state index in [4.69, 9.17) is 9.47 Å². The topological polar surface area (TPSA) is 100.0 Å². The Balaban J connectivity index is 3.17. The van der Waals surface area contributed by atoms with Crippen LogP contribution in [0.5, 0.6) is 0 Å². The van der Waals surface area contributed by atoms with Gasteiger partial charge in [-0.1, -0.05) is 0 Å². The average molecular weight is 285 g/mol. The summed E-state index contributed by atoms with van der Waals surface area (Å²) in [6.07, 6.45) is 0.487. The number of imidazole rings is 1. The van der Waals surface area contributed by atoms with E-state index < -0.39 is 18.2 Å². The number of methoxy groups -OCH3 is 1. The van der Waals surface area contributed by atoms with Crippen LogP contribution >= 0.6 is 0 Å². The molecule has 1 rings (SSSR count). The fourth-order valence-electron chi connectivity index (χ4n) is 1.32. The lowest BCUT2D eigenvalue weighted by Crippen LogP contribution is -2.47. The van der Waals surface area contributed by atoms with Gasteiger partial charge in [0.05, 0.1) is 20.3 Å². The fraction of sp³-hybridized carbons (Fsp3) is 0.455. The zero-order valence-electron chi connectivity index (χ0n) is 11.4. The van der Waals surface area contributed by atoms with Gasteiger partial charge < -0.3 is 14.2 Å². The van der Waals surface area contributed by atoms with Crippen LogP contribution in [0.2, 0.25) is 0 Å². The van der Waals surface area contributed by atoms with Crippen molar-refractivity contribution in [3.63, 3.8) is 0 Å². The molecule has 0 N–H and O–H groups in total. The van der Waals surface area contributed by atoms with Gasteiger partial charge in [-0.15, -0.1) is 5.01 Å². The van der Waals surface area contributed by atoms with Crippen LogP contribution < -0.4 is 5.01 Å². The number of nitrogens with zero attached hydrogens (tertiary/aromatic N) is 3. The second-order valence-electron chi connectivity index (χ2n) is 3.30. The first-order valence-electron chi connectivity index (χ1n) is 5.82. The van der Waals surface area contributed by atoms with Gasteiger partial charge in [0.1, 0.15) is 0 Å². The highest BCUT2D eigenvalue weighted by Crippen LogP contribution is 2.05. The summed E-state index contributed by atoms with van der Waals surface area (Å²) in [5, 5.41) is 0.520.